The Kier molecular flexibility index (Phi) is 8.73. The van der Waals surface area contributed by atoms with Crippen molar-refractivity contribution in [2.75, 3.05) is 32.6 Å². The largest absolute Gasteiger partial charge is 0.497 e. The van der Waals surface area contributed by atoms with E-state index in [1.54, 1.807) is 31.3 Å². The number of carbonyl (C=O) groups is 3. The Hall–Kier alpha value is -3.75. The number of benzene rings is 2. The third-order valence-electron chi connectivity index (χ3n) is 5.77. The molecule has 182 valence electrons. The molecule has 1 unspecified atom stereocenters. The first-order valence-electron chi connectivity index (χ1n) is 11.3. The minimum Gasteiger partial charge on any atom is -0.497 e. The van der Waals surface area contributed by atoms with Gasteiger partial charge in [-0.1, -0.05) is 24.3 Å². The van der Waals surface area contributed by atoms with Gasteiger partial charge in [-0.3, -0.25) is 9.59 Å². The van der Waals surface area contributed by atoms with E-state index in [1.165, 1.54) is 6.92 Å². The maximum atomic E-state index is 12.9. The number of urea groups is 1. The van der Waals surface area contributed by atoms with Gasteiger partial charge in [0.25, 0.3) is 0 Å². The van der Waals surface area contributed by atoms with Crippen molar-refractivity contribution in [1.82, 2.24) is 15.5 Å². The van der Waals surface area contributed by atoms with E-state index in [0.29, 0.717) is 43.8 Å². The van der Waals surface area contributed by atoms with Crippen LogP contribution in [0, 0.1) is 0 Å². The third kappa shape index (κ3) is 6.87. The van der Waals surface area contributed by atoms with E-state index in [0.717, 1.165) is 11.3 Å². The van der Waals surface area contributed by atoms with Gasteiger partial charge in [0, 0.05) is 32.5 Å². The molecule has 34 heavy (non-hydrogen) atoms. The number of anilines is 1. The summed E-state index contributed by atoms with van der Waals surface area (Å²) in [5.41, 5.74) is 1.53. The minimum atomic E-state index is -0.683. The molecule has 0 aromatic heterocycles. The number of amides is 4. The van der Waals surface area contributed by atoms with Gasteiger partial charge in [0.2, 0.25) is 11.8 Å². The number of rotatable bonds is 8. The Morgan fingerprint density at radius 1 is 1.00 bits per heavy atom. The Morgan fingerprint density at radius 2 is 1.68 bits per heavy atom. The Morgan fingerprint density at radius 3 is 2.29 bits per heavy atom. The van der Waals surface area contributed by atoms with E-state index in [2.05, 4.69) is 16.0 Å². The highest BCUT2D eigenvalue weighted by Gasteiger charge is 2.27. The number of nitrogens with zero attached hydrogens (tertiary/aromatic N) is 1. The number of para-hydroxylation sites is 2. The van der Waals surface area contributed by atoms with Gasteiger partial charge in [-0.05, 0) is 42.7 Å². The van der Waals surface area contributed by atoms with Gasteiger partial charge in [-0.25, -0.2) is 4.79 Å². The van der Waals surface area contributed by atoms with Crippen LogP contribution >= 0.6 is 0 Å². The second-order valence-corrected chi connectivity index (χ2v) is 8.21. The number of piperidine rings is 1. The van der Waals surface area contributed by atoms with Crippen LogP contribution < -0.4 is 25.4 Å². The summed E-state index contributed by atoms with van der Waals surface area (Å²) in [4.78, 5) is 39.0. The normalized spacial score (nSPS) is 14.6. The molecule has 0 aliphatic carbocycles. The first-order chi connectivity index (χ1) is 16.4. The van der Waals surface area contributed by atoms with Gasteiger partial charge in [0.1, 0.15) is 17.5 Å². The van der Waals surface area contributed by atoms with Gasteiger partial charge >= 0.3 is 6.03 Å². The number of nitrogens with one attached hydrogen (secondary N) is 3. The molecular weight excluding hydrogens is 436 g/mol. The van der Waals surface area contributed by atoms with Crippen molar-refractivity contribution < 1.29 is 23.9 Å². The molecule has 1 aliphatic rings. The predicted octanol–water partition coefficient (Wildman–Crippen LogP) is 2.56. The van der Waals surface area contributed by atoms with Gasteiger partial charge < -0.3 is 30.3 Å². The lowest BCUT2D eigenvalue weighted by atomic mass is 10.0. The summed E-state index contributed by atoms with van der Waals surface area (Å²) in [5, 5.41) is 8.66. The molecule has 1 saturated heterocycles. The molecule has 1 aliphatic heterocycles. The molecule has 0 saturated carbocycles. The Labute approximate surface area is 199 Å². The monoisotopic (exact) mass is 468 g/mol. The number of carbonyl (C=O) groups excluding carboxylic acids is 3. The number of ether oxygens (including phenoxy) is 2. The second kappa shape index (κ2) is 11.9. The van der Waals surface area contributed by atoms with E-state index in [-0.39, 0.29) is 23.9 Å². The van der Waals surface area contributed by atoms with Crippen LogP contribution in [0.3, 0.4) is 0 Å². The Bertz CT molecular complexity index is 987. The van der Waals surface area contributed by atoms with Crippen LogP contribution in [0.1, 0.15) is 25.3 Å². The summed E-state index contributed by atoms with van der Waals surface area (Å²) in [6.07, 6.45) is 1.62. The van der Waals surface area contributed by atoms with Crippen LogP contribution in [-0.2, 0) is 16.0 Å². The minimum absolute atomic E-state index is 0.0741. The fraction of sp³-hybridized carbons (Fsp3) is 0.400. The lowest BCUT2D eigenvalue weighted by molar-refractivity contribution is -0.128. The molecule has 9 nitrogen and oxygen atoms in total. The molecular formula is C25H32N4O5. The van der Waals surface area contributed by atoms with E-state index in [9.17, 15) is 14.4 Å². The lowest BCUT2D eigenvalue weighted by Crippen LogP contribution is -2.53. The molecule has 1 fully saturated rings. The van der Waals surface area contributed by atoms with Crippen LogP contribution in [0.25, 0.3) is 0 Å². The van der Waals surface area contributed by atoms with Crippen molar-refractivity contribution in [3.05, 3.63) is 54.1 Å². The second-order valence-electron chi connectivity index (χ2n) is 8.21. The van der Waals surface area contributed by atoms with Crippen molar-refractivity contribution in [3.8, 4) is 11.5 Å². The molecule has 2 aromatic carbocycles. The zero-order valence-electron chi connectivity index (χ0n) is 19.8. The number of hydrogen-bond acceptors (Lipinski definition) is 5. The van der Waals surface area contributed by atoms with Crippen molar-refractivity contribution in [1.29, 1.82) is 0 Å². The molecule has 0 bridgehead atoms. The van der Waals surface area contributed by atoms with Crippen LogP contribution in [0.2, 0.25) is 0 Å². The van der Waals surface area contributed by atoms with Gasteiger partial charge in [-0.15, -0.1) is 0 Å². The van der Waals surface area contributed by atoms with Gasteiger partial charge in [0.05, 0.1) is 19.9 Å². The molecule has 2 aromatic rings. The number of hydrogen-bond donors (Lipinski definition) is 3. The van der Waals surface area contributed by atoms with Crippen LogP contribution in [-0.4, -0.2) is 62.1 Å². The zero-order valence-corrected chi connectivity index (χ0v) is 19.8. The van der Waals surface area contributed by atoms with Gasteiger partial charge in [0.15, 0.2) is 0 Å². The highest BCUT2D eigenvalue weighted by molar-refractivity contribution is 5.91. The van der Waals surface area contributed by atoms with Crippen LogP contribution in [0.4, 0.5) is 10.5 Å². The molecule has 4 amide bonds. The van der Waals surface area contributed by atoms with Crippen molar-refractivity contribution >= 4 is 23.5 Å². The molecule has 0 radical (unpaired) electrons. The van der Waals surface area contributed by atoms with Crippen molar-refractivity contribution in [2.24, 2.45) is 0 Å². The summed E-state index contributed by atoms with van der Waals surface area (Å²) in [6, 6.07) is 13.7. The molecule has 1 atom stereocenters. The van der Waals surface area contributed by atoms with E-state index in [4.69, 9.17) is 9.47 Å². The average Bonchev–Trinajstić information content (AvgIpc) is 2.84. The first kappa shape index (κ1) is 24.9. The summed E-state index contributed by atoms with van der Waals surface area (Å²) < 4.78 is 10.5. The summed E-state index contributed by atoms with van der Waals surface area (Å²) in [5.74, 6) is 0.823. The molecule has 3 N–H and O–H groups in total. The summed E-state index contributed by atoms with van der Waals surface area (Å²) in [6.45, 7) is 2.41. The third-order valence-corrected chi connectivity index (χ3v) is 5.77. The summed E-state index contributed by atoms with van der Waals surface area (Å²) in [7, 11) is 3.15. The molecule has 9 heteroatoms. The Balaban J connectivity index is 1.52. The molecule has 0 spiro atoms. The van der Waals surface area contributed by atoms with Crippen LogP contribution in [0.5, 0.6) is 11.5 Å². The zero-order chi connectivity index (χ0) is 24.5. The molecule has 3 rings (SSSR count). The predicted molar refractivity (Wildman–Crippen MR) is 129 cm³/mol. The molecule has 1 heterocycles. The number of methoxy groups -OCH3 is 2. The highest BCUT2D eigenvalue weighted by atomic mass is 16.5. The fourth-order valence-corrected chi connectivity index (χ4v) is 3.92. The van der Waals surface area contributed by atoms with E-state index >= 15 is 0 Å². The summed E-state index contributed by atoms with van der Waals surface area (Å²) >= 11 is 0. The van der Waals surface area contributed by atoms with Crippen LogP contribution in [0.15, 0.2) is 48.5 Å². The topological polar surface area (TPSA) is 109 Å². The van der Waals surface area contributed by atoms with Crippen molar-refractivity contribution in [3.63, 3.8) is 0 Å². The smallest absolute Gasteiger partial charge is 0.321 e. The standard InChI is InChI=1S/C25H32N4O5/c1-17(30)26-22(16-18-8-10-20(33-2)11-9-18)24(31)27-19-12-14-29(15-13-19)25(32)28-21-6-4-5-7-23(21)34-3/h4-11,19,22H,12-16H2,1-3H3,(H,26,30)(H,27,31)(H,28,32). The van der Waals surface area contributed by atoms with E-state index < -0.39 is 6.04 Å². The average molecular weight is 469 g/mol. The first-order valence-corrected chi connectivity index (χ1v) is 11.3. The quantitative estimate of drug-likeness (QED) is 0.552. The maximum absolute atomic E-state index is 12.9. The highest BCUT2D eigenvalue weighted by Crippen LogP contribution is 2.24. The maximum Gasteiger partial charge on any atom is 0.321 e. The SMILES string of the molecule is COc1ccc(CC(NC(C)=O)C(=O)NC2CCN(C(=O)Nc3ccccc3OC)CC2)cc1. The fourth-order valence-electron chi connectivity index (χ4n) is 3.92. The van der Waals surface area contributed by atoms with E-state index in [1.807, 2.05) is 36.4 Å². The number of likely N-dealkylation sites (tertiary alicyclic amines) is 1. The van der Waals surface area contributed by atoms with Gasteiger partial charge in [-0.2, -0.15) is 0 Å². The lowest BCUT2D eigenvalue weighted by Gasteiger charge is -2.33. The van der Waals surface area contributed by atoms with Crippen molar-refractivity contribution in [2.45, 2.75) is 38.3 Å².